The number of aromatic nitrogens is 2. The zero-order chi connectivity index (χ0) is 19.5. The molecule has 1 aliphatic rings. The van der Waals surface area contributed by atoms with Gasteiger partial charge in [0.05, 0.1) is 19.8 Å². The Labute approximate surface area is 148 Å². The Kier molecular flexibility index (Phi) is 6.49. The number of nitrogen functional groups attached to an aromatic ring is 1. The molecule has 0 unspecified atom stereocenters. The summed E-state index contributed by atoms with van der Waals surface area (Å²) >= 11 is 0. The molecule has 26 heavy (non-hydrogen) atoms. The van der Waals surface area contributed by atoms with Crippen LogP contribution in [0, 0.1) is 5.92 Å². The summed E-state index contributed by atoms with van der Waals surface area (Å²) in [6.07, 6.45) is -3.30. The molecular formula is C14H21F3N3O5P. The second-order valence-electron chi connectivity index (χ2n) is 5.67. The molecule has 0 bridgehead atoms. The van der Waals surface area contributed by atoms with Crippen LogP contribution in [0.4, 0.5) is 19.0 Å². The van der Waals surface area contributed by atoms with Crippen LogP contribution in [0.5, 0.6) is 0 Å². The molecule has 0 spiro atoms. The third-order valence-corrected chi connectivity index (χ3v) is 6.02. The minimum atomic E-state index is -4.76. The average molecular weight is 399 g/mol. The Morgan fingerprint density at radius 1 is 1.42 bits per heavy atom. The van der Waals surface area contributed by atoms with Crippen molar-refractivity contribution >= 4 is 13.4 Å². The summed E-state index contributed by atoms with van der Waals surface area (Å²) in [6, 6.07) is 1.26. The zero-order valence-electron chi connectivity index (χ0n) is 14.3. The van der Waals surface area contributed by atoms with Gasteiger partial charge in [-0.3, -0.25) is 9.13 Å². The largest absolute Gasteiger partial charge is 0.399 e. The fourth-order valence-electron chi connectivity index (χ4n) is 2.66. The third kappa shape index (κ3) is 4.11. The molecule has 1 aromatic heterocycles. The lowest BCUT2D eigenvalue weighted by atomic mass is 10.0. The monoisotopic (exact) mass is 399 g/mol. The second-order valence-corrected chi connectivity index (χ2v) is 7.84. The molecule has 8 nitrogen and oxygen atoms in total. The van der Waals surface area contributed by atoms with Crippen LogP contribution in [-0.2, 0) is 18.3 Å². The van der Waals surface area contributed by atoms with Gasteiger partial charge in [0.15, 0.2) is 12.4 Å². The summed E-state index contributed by atoms with van der Waals surface area (Å²) in [7, 11) is -4.76. The van der Waals surface area contributed by atoms with Crippen LogP contribution in [-0.4, -0.2) is 41.2 Å². The van der Waals surface area contributed by atoms with E-state index in [9.17, 15) is 22.5 Å². The number of hydrogen-bond donors (Lipinski definition) is 1. The molecule has 148 valence electrons. The normalized spacial score (nSPS) is 24.1. The van der Waals surface area contributed by atoms with Crippen molar-refractivity contribution in [2.75, 3.05) is 25.6 Å². The van der Waals surface area contributed by atoms with Crippen molar-refractivity contribution in [2.24, 2.45) is 5.92 Å². The van der Waals surface area contributed by atoms with Crippen molar-refractivity contribution in [1.29, 1.82) is 0 Å². The lowest BCUT2D eigenvalue weighted by Crippen LogP contribution is -2.33. The molecule has 0 amide bonds. The quantitative estimate of drug-likeness (QED) is 0.670. The molecule has 1 saturated heterocycles. The number of rotatable bonds is 8. The van der Waals surface area contributed by atoms with Crippen LogP contribution in [0.25, 0.3) is 0 Å². The van der Waals surface area contributed by atoms with Crippen molar-refractivity contribution in [3.8, 4) is 0 Å². The Morgan fingerprint density at radius 3 is 2.58 bits per heavy atom. The Bertz CT molecular complexity index is 722. The molecule has 12 heteroatoms. The number of anilines is 1. The molecular weight excluding hydrogens is 378 g/mol. The van der Waals surface area contributed by atoms with E-state index in [-0.39, 0.29) is 19.0 Å². The van der Waals surface area contributed by atoms with Crippen molar-refractivity contribution < 1.29 is 31.5 Å². The van der Waals surface area contributed by atoms with Crippen molar-refractivity contribution in [3.05, 3.63) is 22.7 Å². The number of nitrogens with two attached hydrogens (primary N) is 1. The van der Waals surface area contributed by atoms with Crippen molar-refractivity contribution in [1.82, 2.24) is 9.55 Å². The number of hydrogen-bond acceptors (Lipinski definition) is 7. The summed E-state index contributed by atoms with van der Waals surface area (Å²) in [5.74, 6) is -1.37. The molecule has 2 N–H and O–H groups in total. The highest BCUT2D eigenvalue weighted by atomic mass is 31.2. The third-order valence-electron chi connectivity index (χ3n) is 3.84. The van der Waals surface area contributed by atoms with Gasteiger partial charge in [0.2, 0.25) is 0 Å². The summed E-state index contributed by atoms with van der Waals surface area (Å²) in [5.41, 5.74) is 0.591. The SMILES string of the molecule is CCOP(=O)(OCC)C(F)(F)C[C@H]1CO[C@@H](n2ccc(N)nc2=O)[C@H]1F. The number of ether oxygens (including phenoxy) is 1. The van der Waals surface area contributed by atoms with Gasteiger partial charge in [-0.05, 0) is 19.9 Å². The van der Waals surface area contributed by atoms with Gasteiger partial charge in [-0.15, -0.1) is 0 Å². The highest BCUT2D eigenvalue weighted by Gasteiger charge is 2.56. The van der Waals surface area contributed by atoms with Crippen LogP contribution in [0.1, 0.15) is 26.5 Å². The Hall–Kier alpha value is -1.42. The molecule has 1 fully saturated rings. The van der Waals surface area contributed by atoms with E-state index in [0.29, 0.717) is 0 Å². The van der Waals surface area contributed by atoms with E-state index >= 15 is 0 Å². The molecule has 0 aliphatic carbocycles. The van der Waals surface area contributed by atoms with Crippen LogP contribution >= 0.6 is 7.60 Å². The predicted molar refractivity (Wildman–Crippen MR) is 86.7 cm³/mol. The number of alkyl halides is 3. The Morgan fingerprint density at radius 2 is 2.04 bits per heavy atom. The van der Waals surface area contributed by atoms with Gasteiger partial charge in [0.1, 0.15) is 5.82 Å². The fourth-order valence-corrected chi connectivity index (χ4v) is 4.25. The highest BCUT2D eigenvalue weighted by Crippen LogP contribution is 2.64. The topological polar surface area (TPSA) is 106 Å². The summed E-state index contributed by atoms with van der Waals surface area (Å²) < 4.78 is 71.3. The zero-order valence-corrected chi connectivity index (χ0v) is 15.2. The van der Waals surface area contributed by atoms with Gasteiger partial charge in [-0.2, -0.15) is 13.8 Å². The van der Waals surface area contributed by atoms with E-state index in [1.165, 1.54) is 26.1 Å². The van der Waals surface area contributed by atoms with Gasteiger partial charge in [-0.25, -0.2) is 9.18 Å². The average Bonchev–Trinajstić information content (AvgIpc) is 2.88. The van der Waals surface area contributed by atoms with Gasteiger partial charge in [-0.1, -0.05) is 0 Å². The second kappa shape index (κ2) is 8.08. The molecule has 1 aromatic rings. The maximum atomic E-state index is 14.7. The molecule has 2 heterocycles. The van der Waals surface area contributed by atoms with Gasteiger partial charge in [0, 0.05) is 18.5 Å². The van der Waals surface area contributed by atoms with Crippen molar-refractivity contribution in [2.45, 2.75) is 38.3 Å². The maximum Gasteiger partial charge on any atom is 0.399 e. The van der Waals surface area contributed by atoms with Crippen LogP contribution in [0.3, 0.4) is 0 Å². The summed E-state index contributed by atoms with van der Waals surface area (Å²) in [4.78, 5) is 15.2. The van der Waals surface area contributed by atoms with E-state index in [1.54, 1.807) is 0 Å². The molecule has 0 aromatic carbocycles. The minimum absolute atomic E-state index is 0.0582. The van der Waals surface area contributed by atoms with Gasteiger partial charge in [0.25, 0.3) is 0 Å². The van der Waals surface area contributed by atoms with Gasteiger partial charge >= 0.3 is 18.9 Å². The van der Waals surface area contributed by atoms with E-state index in [2.05, 4.69) is 14.0 Å². The fraction of sp³-hybridized carbons (Fsp3) is 0.714. The van der Waals surface area contributed by atoms with E-state index in [4.69, 9.17) is 10.5 Å². The standard InChI is InChI=1S/C14H21F3N3O5P/c1-3-24-26(22,25-4-2)14(16,17)7-9-8-23-12(11(9)15)20-6-5-10(18)19-13(20)21/h5-6,9,11-12H,3-4,7-8H2,1-2H3,(H2,18,19,21)/t9-,11-,12+/m0/s1. The lowest BCUT2D eigenvalue weighted by Gasteiger charge is -2.28. The Balaban J connectivity index is 2.18. The lowest BCUT2D eigenvalue weighted by molar-refractivity contribution is 0.00880. The van der Waals surface area contributed by atoms with E-state index in [0.717, 1.165) is 4.57 Å². The predicted octanol–water partition coefficient (Wildman–Crippen LogP) is 2.56. The molecule has 2 rings (SSSR count). The molecule has 0 saturated carbocycles. The smallest absolute Gasteiger partial charge is 0.383 e. The van der Waals surface area contributed by atoms with Crippen LogP contribution < -0.4 is 11.4 Å². The van der Waals surface area contributed by atoms with E-state index < -0.39 is 50.3 Å². The first-order valence-corrected chi connectivity index (χ1v) is 9.56. The van der Waals surface area contributed by atoms with Crippen LogP contribution in [0.2, 0.25) is 0 Å². The first kappa shape index (κ1) is 20.9. The first-order valence-electron chi connectivity index (χ1n) is 8.02. The summed E-state index contributed by atoms with van der Waals surface area (Å²) in [6.45, 7) is 1.91. The number of nitrogens with zero attached hydrogens (tertiary/aromatic N) is 2. The van der Waals surface area contributed by atoms with Crippen molar-refractivity contribution in [3.63, 3.8) is 0 Å². The minimum Gasteiger partial charge on any atom is -0.383 e. The van der Waals surface area contributed by atoms with E-state index in [1.807, 2.05) is 0 Å². The highest BCUT2D eigenvalue weighted by molar-refractivity contribution is 7.55. The van der Waals surface area contributed by atoms with Crippen LogP contribution in [0.15, 0.2) is 17.1 Å². The van der Waals surface area contributed by atoms with Gasteiger partial charge < -0.3 is 19.5 Å². The summed E-state index contributed by atoms with van der Waals surface area (Å²) in [5, 5.41) is 0. The molecule has 3 atom stereocenters. The molecule has 0 radical (unpaired) electrons. The maximum absolute atomic E-state index is 14.7. The molecule has 1 aliphatic heterocycles. The first-order chi connectivity index (χ1) is 12.1. The number of halogens is 3.